The van der Waals surface area contributed by atoms with Crippen molar-refractivity contribution >= 4 is 17.5 Å². The smallest absolute Gasteiger partial charge is 0.223 e. The highest BCUT2D eigenvalue weighted by atomic mass is 16.5. The standard InChI is InChI=1S/C21H26N2O4/c1-15-7-5-6-8-17(15)14-22-21(25)11-12-23(16(2)24)19-13-18(26-3)9-10-20(19)27-4/h5-10,13H,11-12,14H2,1-4H3,(H,22,25). The lowest BCUT2D eigenvalue weighted by Gasteiger charge is -2.23. The van der Waals surface area contributed by atoms with Crippen molar-refractivity contribution in [1.82, 2.24) is 5.32 Å². The minimum absolute atomic E-state index is 0.119. The van der Waals surface area contributed by atoms with Gasteiger partial charge in [-0.25, -0.2) is 0 Å². The molecule has 2 amide bonds. The lowest BCUT2D eigenvalue weighted by atomic mass is 10.1. The Morgan fingerprint density at radius 2 is 1.81 bits per heavy atom. The first-order valence-electron chi connectivity index (χ1n) is 8.77. The second-order valence-corrected chi connectivity index (χ2v) is 6.16. The van der Waals surface area contributed by atoms with Gasteiger partial charge in [-0.2, -0.15) is 0 Å². The number of benzene rings is 2. The second kappa shape index (κ2) is 9.62. The van der Waals surface area contributed by atoms with Crippen LogP contribution in [0, 0.1) is 6.92 Å². The van der Waals surface area contributed by atoms with Crippen LogP contribution in [0.1, 0.15) is 24.5 Å². The summed E-state index contributed by atoms with van der Waals surface area (Å²) in [7, 11) is 3.10. The number of nitrogens with zero attached hydrogens (tertiary/aromatic N) is 1. The molecule has 6 nitrogen and oxygen atoms in total. The van der Waals surface area contributed by atoms with Gasteiger partial charge in [-0.15, -0.1) is 0 Å². The van der Waals surface area contributed by atoms with Crippen LogP contribution in [0.5, 0.6) is 11.5 Å². The molecule has 0 unspecified atom stereocenters. The molecule has 0 bridgehead atoms. The quantitative estimate of drug-likeness (QED) is 0.775. The third-order valence-corrected chi connectivity index (χ3v) is 4.36. The largest absolute Gasteiger partial charge is 0.497 e. The highest BCUT2D eigenvalue weighted by Crippen LogP contribution is 2.32. The molecule has 0 atom stereocenters. The molecule has 0 aliphatic carbocycles. The molecule has 144 valence electrons. The summed E-state index contributed by atoms with van der Waals surface area (Å²) in [5, 5.41) is 2.90. The van der Waals surface area contributed by atoms with Crippen LogP contribution in [-0.2, 0) is 16.1 Å². The molecule has 0 saturated heterocycles. The minimum atomic E-state index is -0.173. The molecule has 0 radical (unpaired) electrons. The molecule has 0 fully saturated rings. The van der Waals surface area contributed by atoms with Crippen molar-refractivity contribution in [3.63, 3.8) is 0 Å². The SMILES string of the molecule is COc1ccc(OC)c(N(CCC(=O)NCc2ccccc2C)C(C)=O)c1. The zero-order chi connectivity index (χ0) is 19.8. The van der Waals surface area contributed by atoms with E-state index in [1.807, 2.05) is 31.2 Å². The molecule has 6 heteroatoms. The van der Waals surface area contributed by atoms with Crippen LogP contribution >= 0.6 is 0 Å². The van der Waals surface area contributed by atoms with Crippen molar-refractivity contribution in [1.29, 1.82) is 0 Å². The summed E-state index contributed by atoms with van der Waals surface area (Å²) in [5.74, 6) is 0.868. The number of hydrogen-bond acceptors (Lipinski definition) is 4. The summed E-state index contributed by atoms with van der Waals surface area (Å²) in [6.07, 6.45) is 0.186. The Morgan fingerprint density at radius 3 is 2.44 bits per heavy atom. The maximum atomic E-state index is 12.3. The fourth-order valence-corrected chi connectivity index (χ4v) is 2.76. The number of rotatable bonds is 8. The predicted octanol–water partition coefficient (Wildman–Crippen LogP) is 3.07. The van der Waals surface area contributed by atoms with Gasteiger partial charge in [0.25, 0.3) is 0 Å². The molecule has 2 aromatic rings. The highest BCUT2D eigenvalue weighted by Gasteiger charge is 2.18. The number of aryl methyl sites for hydroxylation is 1. The summed E-state index contributed by atoms with van der Waals surface area (Å²) in [6.45, 7) is 4.19. The lowest BCUT2D eigenvalue weighted by Crippen LogP contribution is -2.34. The maximum Gasteiger partial charge on any atom is 0.223 e. The van der Waals surface area contributed by atoms with Crippen LogP contribution in [0.15, 0.2) is 42.5 Å². The number of methoxy groups -OCH3 is 2. The summed E-state index contributed by atoms with van der Waals surface area (Å²) in [5.41, 5.74) is 2.78. The Hall–Kier alpha value is -3.02. The Morgan fingerprint density at radius 1 is 1.07 bits per heavy atom. The van der Waals surface area contributed by atoms with E-state index in [9.17, 15) is 9.59 Å². The van der Waals surface area contributed by atoms with Crippen LogP contribution < -0.4 is 19.7 Å². The third-order valence-electron chi connectivity index (χ3n) is 4.36. The summed E-state index contributed by atoms with van der Waals surface area (Å²) < 4.78 is 10.6. The van der Waals surface area contributed by atoms with E-state index < -0.39 is 0 Å². The second-order valence-electron chi connectivity index (χ2n) is 6.16. The van der Waals surface area contributed by atoms with E-state index in [1.165, 1.54) is 11.8 Å². The van der Waals surface area contributed by atoms with E-state index in [2.05, 4.69) is 5.32 Å². The number of anilines is 1. The molecular weight excluding hydrogens is 344 g/mol. The van der Waals surface area contributed by atoms with Crippen molar-refractivity contribution in [2.45, 2.75) is 26.8 Å². The number of ether oxygens (including phenoxy) is 2. The molecule has 2 rings (SSSR count). The van der Waals surface area contributed by atoms with Gasteiger partial charge in [-0.1, -0.05) is 24.3 Å². The van der Waals surface area contributed by atoms with Crippen LogP contribution in [-0.4, -0.2) is 32.6 Å². The molecular formula is C21H26N2O4. The Labute approximate surface area is 160 Å². The fraction of sp³-hybridized carbons (Fsp3) is 0.333. The van der Waals surface area contributed by atoms with Gasteiger partial charge < -0.3 is 19.7 Å². The normalized spacial score (nSPS) is 10.2. The van der Waals surface area contributed by atoms with Crippen molar-refractivity contribution in [2.24, 2.45) is 0 Å². The summed E-state index contributed by atoms with van der Waals surface area (Å²) >= 11 is 0. The van der Waals surface area contributed by atoms with E-state index in [0.717, 1.165) is 11.1 Å². The Balaban J connectivity index is 2.03. The first kappa shape index (κ1) is 20.3. The topological polar surface area (TPSA) is 67.9 Å². The van der Waals surface area contributed by atoms with E-state index in [4.69, 9.17) is 9.47 Å². The van der Waals surface area contributed by atoms with E-state index in [1.54, 1.807) is 32.4 Å². The van der Waals surface area contributed by atoms with Crippen LogP contribution in [0.25, 0.3) is 0 Å². The number of carbonyl (C=O) groups excluding carboxylic acids is 2. The summed E-state index contributed by atoms with van der Waals surface area (Å²) in [4.78, 5) is 25.9. The van der Waals surface area contributed by atoms with Gasteiger partial charge in [0.2, 0.25) is 11.8 Å². The molecule has 2 aromatic carbocycles. The van der Waals surface area contributed by atoms with Gasteiger partial charge >= 0.3 is 0 Å². The van der Waals surface area contributed by atoms with Crippen LogP contribution in [0.4, 0.5) is 5.69 Å². The van der Waals surface area contributed by atoms with Crippen molar-refractivity contribution in [3.8, 4) is 11.5 Å². The third kappa shape index (κ3) is 5.48. The number of nitrogens with one attached hydrogen (secondary N) is 1. The average molecular weight is 370 g/mol. The van der Waals surface area contributed by atoms with Crippen LogP contribution in [0.3, 0.4) is 0 Å². The highest BCUT2D eigenvalue weighted by molar-refractivity contribution is 5.94. The van der Waals surface area contributed by atoms with Gasteiger partial charge in [-0.05, 0) is 30.2 Å². The number of carbonyl (C=O) groups is 2. The first-order chi connectivity index (χ1) is 13.0. The van der Waals surface area contributed by atoms with Crippen molar-refractivity contribution < 1.29 is 19.1 Å². The van der Waals surface area contributed by atoms with Gasteiger partial charge in [0.15, 0.2) is 0 Å². The van der Waals surface area contributed by atoms with Crippen molar-refractivity contribution in [2.75, 3.05) is 25.7 Å². The first-order valence-corrected chi connectivity index (χ1v) is 8.77. The average Bonchev–Trinajstić information content (AvgIpc) is 2.67. The minimum Gasteiger partial charge on any atom is -0.497 e. The van der Waals surface area contributed by atoms with Gasteiger partial charge in [0.05, 0.1) is 19.9 Å². The monoisotopic (exact) mass is 370 g/mol. The number of hydrogen-bond donors (Lipinski definition) is 1. The molecule has 0 aliphatic heterocycles. The fourth-order valence-electron chi connectivity index (χ4n) is 2.76. The Kier molecular flexibility index (Phi) is 7.23. The van der Waals surface area contributed by atoms with E-state index >= 15 is 0 Å². The van der Waals surface area contributed by atoms with Crippen LogP contribution in [0.2, 0.25) is 0 Å². The molecule has 1 N–H and O–H groups in total. The van der Waals surface area contributed by atoms with Gasteiger partial charge in [-0.3, -0.25) is 9.59 Å². The maximum absolute atomic E-state index is 12.3. The van der Waals surface area contributed by atoms with Crippen molar-refractivity contribution in [3.05, 3.63) is 53.6 Å². The zero-order valence-corrected chi connectivity index (χ0v) is 16.2. The predicted molar refractivity (Wildman–Crippen MR) is 105 cm³/mol. The lowest BCUT2D eigenvalue weighted by molar-refractivity contribution is -0.121. The number of amides is 2. The van der Waals surface area contributed by atoms with E-state index in [0.29, 0.717) is 23.7 Å². The molecule has 0 aliphatic rings. The Bertz CT molecular complexity index is 805. The molecule has 0 saturated carbocycles. The molecule has 0 heterocycles. The molecule has 0 aromatic heterocycles. The molecule has 27 heavy (non-hydrogen) atoms. The van der Waals surface area contributed by atoms with Gasteiger partial charge in [0, 0.05) is 32.5 Å². The van der Waals surface area contributed by atoms with E-state index in [-0.39, 0.29) is 24.8 Å². The molecule has 0 spiro atoms. The van der Waals surface area contributed by atoms with Gasteiger partial charge in [0.1, 0.15) is 11.5 Å². The summed E-state index contributed by atoms with van der Waals surface area (Å²) in [6, 6.07) is 13.1. The zero-order valence-electron chi connectivity index (χ0n) is 16.2.